The number of rotatable bonds is 5. The van der Waals surface area contributed by atoms with Crippen LogP contribution < -0.4 is 5.32 Å². The maximum atomic E-state index is 13.7. The molecule has 1 aliphatic carbocycles. The predicted molar refractivity (Wildman–Crippen MR) is 106 cm³/mol. The lowest BCUT2D eigenvalue weighted by atomic mass is 9.85. The first kappa shape index (κ1) is 20.4. The minimum Gasteiger partial charge on any atom is -0.469 e. The van der Waals surface area contributed by atoms with Crippen molar-refractivity contribution in [3.63, 3.8) is 0 Å². The fourth-order valence-corrected chi connectivity index (χ4v) is 3.84. The summed E-state index contributed by atoms with van der Waals surface area (Å²) < 4.78 is 18.7. The maximum absolute atomic E-state index is 13.7. The molecule has 7 heteroatoms. The monoisotopic (exact) mass is 421 g/mol. The van der Waals surface area contributed by atoms with Gasteiger partial charge in [0.1, 0.15) is 5.82 Å². The fraction of sp³-hybridized carbons (Fsp3) is 0.238. The highest BCUT2D eigenvalue weighted by atomic mass is 35.5. The molecule has 1 amide bonds. The molecule has 0 bridgehead atoms. The van der Waals surface area contributed by atoms with E-state index in [-0.39, 0.29) is 33.5 Å². The Bertz CT molecular complexity index is 917. The van der Waals surface area contributed by atoms with Crippen LogP contribution in [0.3, 0.4) is 0 Å². The van der Waals surface area contributed by atoms with E-state index in [1.165, 1.54) is 13.2 Å². The molecule has 3 rings (SSSR count). The van der Waals surface area contributed by atoms with Gasteiger partial charge in [0, 0.05) is 6.04 Å². The molecule has 0 radical (unpaired) electrons. The van der Waals surface area contributed by atoms with Gasteiger partial charge in [0.2, 0.25) is 0 Å². The zero-order valence-corrected chi connectivity index (χ0v) is 16.5. The number of hydrogen-bond donors (Lipinski definition) is 1. The Hall–Kier alpha value is -2.37. The second-order valence-corrected chi connectivity index (χ2v) is 7.34. The summed E-state index contributed by atoms with van der Waals surface area (Å²) in [5.74, 6) is -2.18. The predicted octanol–water partition coefficient (Wildman–Crippen LogP) is 4.76. The summed E-state index contributed by atoms with van der Waals surface area (Å²) in [7, 11) is 1.35. The van der Waals surface area contributed by atoms with Crippen LogP contribution in [-0.4, -0.2) is 25.0 Å². The summed E-state index contributed by atoms with van der Waals surface area (Å²) in [5, 5.41) is 2.73. The standard InChI is InChI=1S/C21H18Cl2FNO3/c1-28-21(27)19(12-5-3-2-4-6-12)13-7-8-14(9-13)25-20(26)15-10-18(24)17(23)11-16(15)22/h2-8,10-11,13-14,19H,9H2,1H3,(H,25,26). The number of halogens is 3. The van der Waals surface area contributed by atoms with Gasteiger partial charge in [-0.05, 0) is 30.0 Å². The molecule has 146 valence electrons. The normalized spacial score (nSPS) is 19.3. The Kier molecular flexibility index (Phi) is 6.37. The van der Waals surface area contributed by atoms with Crippen molar-refractivity contribution >= 4 is 35.1 Å². The van der Waals surface area contributed by atoms with Crippen LogP contribution in [0.15, 0.2) is 54.6 Å². The van der Waals surface area contributed by atoms with Crippen molar-refractivity contribution in [2.75, 3.05) is 7.11 Å². The van der Waals surface area contributed by atoms with Crippen molar-refractivity contribution < 1.29 is 18.7 Å². The molecule has 0 saturated carbocycles. The van der Waals surface area contributed by atoms with E-state index in [0.717, 1.165) is 11.6 Å². The third-order valence-electron chi connectivity index (χ3n) is 4.73. The summed E-state index contributed by atoms with van der Waals surface area (Å²) in [5.41, 5.74) is 0.854. The number of methoxy groups -OCH3 is 1. The minimum atomic E-state index is -0.717. The van der Waals surface area contributed by atoms with E-state index in [1.807, 2.05) is 42.5 Å². The number of carbonyl (C=O) groups excluding carboxylic acids is 2. The largest absolute Gasteiger partial charge is 0.469 e. The van der Waals surface area contributed by atoms with Crippen LogP contribution in [0.25, 0.3) is 0 Å². The molecule has 0 aliphatic heterocycles. The average Bonchev–Trinajstić information content (AvgIpc) is 3.13. The second kappa shape index (κ2) is 8.76. The average molecular weight is 422 g/mol. The molecule has 3 atom stereocenters. The van der Waals surface area contributed by atoms with E-state index >= 15 is 0 Å². The van der Waals surface area contributed by atoms with Crippen molar-refractivity contribution in [1.29, 1.82) is 0 Å². The van der Waals surface area contributed by atoms with Gasteiger partial charge in [-0.3, -0.25) is 9.59 Å². The molecule has 4 nitrogen and oxygen atoms in total. The number of carbonyl (C=O) groups is 2. The third kappa shape index (κ3) is 4.37. The molecule has 2 aromatic carbocycles. The summed E-state index contributed by atoms with van der Waals surface area (Å²) in [4.78, 5) is 24.8. The van der Waals surface area contributed by atoms with E-state index in [2.05, 4.69) is 5.32 Å². The van der Waals surface area contributed by atoms with Gasteiger partial charge in [0.25, 0.3) is 5.91 Å². The number of benzene rings is 2. The zero-order chi connectivity index (χ0) is 20.3. The van der Waals surface area contributed by atoms with Gasteiger partial charge >= 0.3 is 5.97 Å². The van der Waals surface area contributed by atoms with Gasteiger partial charge in [0.15, 0.2) is 0 Å². The van der Waals surface area contributed by atoms with Crippen LogP contribution in [0.2, 0.25) is 10.0 Å². The summed E-state index contributed by atoms with van der Waals surface area (Å²) in [6, 6.07) is 11.2. The summed E-state index contributed by atoms with van der Waals surface area (Å²) in [6.45, 7) is 0. The number of amides is 1. The van der Waals surface area contributed by atoms with E-state index < -0.39 is 17.6 Å². The van der Waals surface area contributed by atoms with E-state index in [9.17, 15) is 14.0 Å². The zero-order valence-electron chi connectivity index (χ0n) is 15.0. The van der Waals surface area contributed by atoms with Gasteiger partial charge in [0.05, 0.1) is 28.6 Å². The molecule has 0 saturated heterocycles. The van der Waals surface area contributed by atoms with Gasteiger partial charge in [-0.1, -0.05) is 65.7 Å². The number of ether oxygens (including phenoxy) is 1. The van der Waals surface area contributed by atoms with Crippen LogP contribution in [0.4, 0.5) is 4.39 Å². The van der Waals surface area contributed by atoms with Crippen molar-refractivity contribution in [2.45, 2.75) is 18.4 Å². The Labute approximate surface area is 172 Å². The lowest BCUT2D eigenvalue weighted by Gasteiger charge is -2.22. The fourth-order valence-electron chi connectivity index (χ4n) is 3.37. The smallest absolute Gasteiger partial charge is 0.313 e. The van der Waals surface area contributed by atoms with Crippen LogP contribution in [-0.2, 0) is 9.53 Å². The Morgan fingerprint density at radius 1 is 1.14 bits per heavy atom. The van der Waals surface area contributed by atoms with Gasteiger partial charge in [-0.15, -0.1) is 0 Å². The lowest BCUT2D eigenvalue weighted by molar-refractivity contribution is -0.143. The Morgan fingerprint density at radius 2 is 1.86 bits per heavy atom. The van der Waals surface area contributed by atoms with Crippen LogP contribution in [0.5, 0.6) is 0 Å². The molecule has 0 fully saturated rings. The maximum Gasteiger partial charge on any atom is 0.313 e. The number of esters is 1. The van der Waals surface area contributed by atoms with Gasteiger partial charge in [-0.25, -0.2) is 4.39 Å². The van der Waals surface area contributed by atoms with E-state index in [0.29, 0.717) is 6.42 Å². The molecule has 0 aromatic heterocycles. The first-order chi connectivity index (χ1) is 13.4. The first-order valence-corrected chi connectivity index (χ1v) is 9.42. The SMILES string of the molecule is COC(=O)C(c1ccccc1)C1C=CC(NC(=O)c2cc(F)c(Cl)cc2Cl)C1. The Balaban J connectivity index is 1.73. The molecule has 1 N–H and O–H groups in total. The number of allylic oxidation sites excluding steroid dienone is 1. The van der Waals surface area contributed by atoms with Gasteiger partial charge in [-0.2, -0.15) is 0 Å². The van der Waals surface area contributed by atoms with Crippen LogP contribution in [0.1, 0.15) is 28.3 Å². The molecular formula is C21H18Cl2FNO3. The highest BCUT2D eigenvalue weighted by Crippen LogP contribution is 2.34. The Morgan fingerprint density at radius 3 is 2.54 bits per heavy atom. The van der Waals surface area contributed by atoms with Crippen LogP contribution >= 0.6 is 23.2 Å². The van der Waals surface area contributed by atoms with Crippen molar-refractivity contribution in [1.82, 2.24) is 5.32 Å². The van der Waals surface area contributed by atoms with Crippen molar-refractivity contribution in [3.8, 4) is 0 Å². The molecule has 1 aliphatic rings. The molecular weight excluding hydrogens is 404 g/mol. The molecule has 2 aromatic rings. The van der Waals surface area contributed by atoms with Crippen LogP contribution in [0, 0.1) is 11.7 Å². The molecule has 0 spiro atoms. The van der Waals surface area contributed by atoms with Crippen molar-refractivity contribution in [3.05, 3.63) is 81.6 Å². The highest BCUT2D eigenvalue weighted by molar-refractivity contribution is 6.36. The lowest BCUT2D eigenvalue weighted by Crippen LogP contribution is -2.34. The third-order valence-corrected chi connectivity index (χ3v) is 5.33. The van der Waals surface area contributed by atoms with E-state index in [4.69, 9.17) is 27.9 Å². The second-order valence-electron chi connectivity index (χ2n) is 6.52. The highest BCUT2D eigenvalue weighted by Gasteiger charge is 2.34. The molecule has 3 unspecified atom stereocenters. The number of nitrogens with one attached hydrogen (secondary N) is 1. The summed E-state index contributed by atoms with van der Waals surface area (Å²) >= 11 is 11.7. The first-order valence-electron chi connectivity index (χ1n) is 8.67. The number of hydrogen-bond acceptors (Lipinski definition) is 3. The van der Waals surface area contributed by atoms with E-state index in [1.54, 1.807) is 0 Å². The van der Waals surface area contributed by atoms with Crippen molar-refractivity contribution in [2.24, 2.45) is 5.92 Å². The molecule has 28 heavy (non-hydrogen) atoms. The quantitative estimate of drug-likeness (QED) is 0.429. The summed E-state index contributed by atoms with van der Waals surface area (Å²) in [6.07, 6.45) is 4.22. The minimum absolute atomic E-state index is 0.00740. The topological polar surface area (TPSA) is 55.4 Å². The van der Waals surface area contributed by atoms with Gasteiger partial charge < -0.3 is 10.1 Å². The molecule has 0 heterocycles.